The highest BCUT2D eigenvalue weighted by Crippen LogP contribution is 2.28. The van der Waals surface area contributed by atoms with Gasteiger partial charge in [0, 0.05) is 11.9 Å². The molecule has 1 atom stereocenters. The summed E-state index contributed by atoms with van der Waals surface area (Å²) in [4.78, 5) is 30.1. The number of benzene rings is 1. The van der Waals surface area contributed by atoms with Crippen LogP contribution in [0.4, 0.5) is 0 Å². The number of para-hydroxylation sites is 1. The maximum atomic E-state index is 12.7. The number of rotatable bonds is 5. The van der Waals surface area contributed by atoms with Gasteiger partial charge < -0.3 is 10.1 Å². The lowest BCUT2D eigenvalue weighted by Gasteiger charge is -2.14. The molecule has 0 bridgehead atoms. The van der Waals surface area contributed by atoms with Crippen molar-refractivity contribution in [2.75, 3.05) is 6.54 Å². The molecule has 128 valence electrons. The van der Waals surface area contributed by atoms with E-state index < -0.39 is 12.1 Å². The highest BCUT2D eigenvalue weighted by atomic mass is 32.1. The molecule has 0 aliphatic rings. The van der Waals surface area contributed by atoms with Gasteiger partial charge in [-0.2, -0.15) is 0 Å². The molecule has 0 aliphatic heterocycles. The first-order chi connectivity index (χ1) is 12.1. The number of ether oxygens (including phenoxy) is 1. The lowest BCUT2D eigenvalue weighted by Crippen LogP contribution is -2.35. The molecule has 1 aromatic carbocycles. The van der Waals surface area contributed by atoms with Crippen molar-refractivity contribution in [2.24, 2.45) is 0 Å². The molecule has 0 radical (unpaired) electrons. The van der Waals surface area contributed by atoms with Crippen molar-refractivity contribution in [2.45, 2.75) is 20.0 Å². The summed E-state index contributed by atoms with van der Waals surface area (Å²) in [6, 6.07) is 13.0. The molecule has 0 unspecified atom stereocenters. The van der Waals surface area contributed by atoms with E-state index in [0.29, 0.717) is 28.7 Å². The summed E-state index contributed by atoms with van der Waals surface area (Å²) in [6.07, 6.45) is -0.857. The summed E-state index contributed by atoms with van der Waals surface area (Å²) in [6.45, 7) is 3.87. The van der Waals surface area contributed by atoms with Crippen LogP contribution in [0, 0.1) is 0 Å². The summed E-state index contributed by atoms with van der Waals surface area (Å²) in [5.41, 5.74) is 1.84. The second-order valence-electron chi connectivity index (χ2n) is 5.49. The van der Waals surface area contributed by atoms with Gasteiger partial charge in [0.2, 0.25) is 0 Å². The van der Waals surface area contributed by atoms with Crippen molar-refractivity contribution < 1.29 is 14.3 Å². The van der Waals surface area contributed by atoms with Crippen LogP contribution >= 0.6 is 11.3 Å². The Morgan fingerprint density at radius 3 is 2.76 bits per heavy atom. The maximum absolute atomic E-state index is 12.7. The second-order valence-corrected chi connectivity index (χ2v) is 6.44. The minimum atomic E-state index is -0.857. The van der Waals surface area contributed by atoms with Gasteiger partial charge in [0.1, 0.15) is 0 Å². The average Bonchev–Trinajstić information content (AvgIpc) is 3.15. The Bertz CT molecular complexity index is 906. The molecule has 3 rings (SSSR count). The number of nitrogens with one attached hydrogen (secondary N) is 1. The molecular formula is C19H18N2O3S. The van der Waals surface area contributed by atoms with Crippen LogP contribution in [0.3, 0.4) is 0 Å². The molecule has 5 nitrogen and oxygen atoms in total. The van der Waals surface area contributed by atoms with Crippen LogP contribution in [0.5, 0.6) is 0 Å². The van der Waals surface area contributed by atoms with E-state index in [9.17, 15) is 9.59 Å². The van der Waals surface area contributed by atoms with Gasteiger partial charge in [0.05, 0.1) is 21.7 Å². The van der Waals surface area contributed by atoms with Crippen LogP contribution in [0.2, 0.25) is 0 Å². The predicted octanol–water partition coefficient (Wildman–Crippen LogP) is 3.64. The highest BCUT2D eigenvalue weighted by Gasteiger charge is 2.21. The lowest BCUT2D eigenvalue weighted by molar-refractivity contribution is -0.128. The molecule has 0 spiro atoms. The fraction of sp³-hybridized carbons (Fsp3) is 0.211. The van der Waals surface area contributed by atoms with Gasteiger partial charge >= 0.3 is 5.97 Å². The summed E-state index contributed by atoms with van der Waals surface area (Å²) in [7, 11) is 0. The maximum Gasteiger partial charge on any atom is 0.339 e. The van der Waals surface area contributed by atoms with Gasteiger partial charge in [-0.25, -0.2) is 9.78 Å². The molecule has 1 amide bonds. The van der Waals surface area contributed by atoms with Crippen LogP contribution in [-0.2, 0) is 9.53 Å². The zero-order valence-electron chi connectivity index (χ0n) is 14.0. The quantitative estimate of drug-likeness (QED) is 0.710. The van der Waals surface area contributed by atoms with E-state index in [1.807, 2.05) is 48.7 Å². The van der Waals surface area contributed by atoms with E-state index in [2.05, 4.69) is 10.3 Å². The summed E-state index contributed by atoms with van der Waals surface area (Å²) in [5, 5.41) is 5.31. The van der Waals surface area contributed by atoms with Gasteiger partial charge in [-0.15, -0.1) is 11.3 Å². The summed E-state index contributed by atoms with van der Waals surface area (Å²) < 4.78 is 5.36. The number of likely N-dealkylation sites (N-methyl/N-ethyl adjacent to an activating group) is 1. The van der Waals surface area contributed by atoms with Crippen molar-refractivity contribution in [3.05, 3.63) is 53.4 Å². The lowest BCUT2D eigenvalue weighted by atomic mass is 10.1. The van der Waals surface area contributed by atoms with E-state index in [1.54, 1.807) is 24.3 Å². The van der Waals surface area contributed by atoms with Gasteiger partial charge in [0.25, 0.3) is 5.91 Å². The first kappa shape index (κ1) is 17.1. The Labute approximate surface area is 149 Å². The number of pyridine rings is 1. The Kier molecular flexibility index (Phi) is 5.09. The van der Waals surface area contributed by atoms with E-state index in [-0.39, 0.29) is 5.91 Å². The molecular weight excluding hydrogens is 336 g/mol. The predicted molar refractivity (Wildman–Crippen MR) is 98.6 cm³/mol. The van der Waals surface area contributed by atoms with Crippen molar-refractivity contribution in [1.82, 2.24) is 10.3 Å². The second kappa shape index (κ2) is 7.44. The van der Waals surface area contributed by atoms with E-state index in [4.69, 9.17) is 4.74 Å². The van der Waals surface area contributed by atoms with Crippen LogP contribution in [-0.4, -0.2) is 29.5 Å². The van der Waals surface area contributed by atoms with Crippen molar-refractivity contribution in [3.8, 4) is 10.6 Å². The first-order valence-corrected chi connectivity index (χ1v) is 8.90. The van der Waals surface area contributed by atoms with Gasteiger partial charge in [-0.1, -0.05) is 24.3 Å². The zero-order valence-corrected chi connectivity index (χ0v) is 14.8. The van der Waals surface area contributed by atoms with Gasteiger partial charge in [-0.3, -0.25) is 4.79 Å². The number of carbonyl (C=O) groups excluding carboxylic acids is 2. The number of hydrogen-bond donors (Lipinski definition) is 1. The number of nitrogens with zero attached hydrogens (tertiary/aromatic N) is 1. The molecule has 0 saturated heterocycles. The fourth-order valence-electron chi connectivity index (χ4n) is 2.49. The van der Waals surface area contributed by atoms with Crippen LogP contribution in [0.25, 0.3) is 21.5 Å². The van der Waals surface area contributed by atoms with Crippen LogP contribution in [0.15, 0.2) is 47.8 Å². The minimum Gasteiger partial charge on any atom is -0.449 e. The zero-order chi connectivity index (χ0) is 17.8. The molecule has 0 saturated carbocycles. The summed E-state index contributed by atoms with van der Waals surface area (Å²) in [5.74, 6) is -0.845. The number of aromatic nitrogens is 1. The Morgan fingerprint density at radius 2 is 2.04 bits per heavy atom. The van der Waals surface area contributed by atoms with Crippen LogP contribution < -0.4 is 5.32 Å². The third kappa shape index (κ3) is 3.69. The number of hydrogen-bond acceptors (Lipinski definition) is 5. The number of esters is 1. The molecule has 0 aliphatic carbocycles. The molecule has 25 heavy (non-hydrogen) atoms. The number of fused-ring (bicyclic) bond motifs is 1. The molecule has 0 fully saturated rings. The highest BCUT2D eigenvalue weighted by molar-refractivity contribution is 7.13. The van der Waals surface area contributed by atoms with E-state index in [1.165, 1.54) is 0 Å². The summed E-state index contributed by atoms with van der Waals surface area (Å²) >= 11 is 1.55. The number of amides is 1. The molecule has 2 aromatic heterocycles. The monoisotopic (exact) mass is 354 g/mol. The minimum absolute atomic E-state index is 0.312. The number of thiophene rings is 1. The fourth-order valence-corrected chi connectivity index (χ4v) is 3.18. The Morgan fingerprint density at radius 1 is 1.24 bits per heavy atom. The SMILES string of the molecule is CCNC(=O)[C@H](C)OC(=O)c1cc(-c2cccs2)nc2ccccc12. The smallest absolute Gasteiger partial charge is 0.339 e. The largest absolute Gasteiger partial charge is 0.449 e. The van der Waals surface area contributed by atoms with Gasteiger partial charge in [-0.05, 0) is 37.4 Å². The van der Waals surface area contributed by atoms with E-state index >= 15 is 0 Å². The average molecular weight is 354 g/mol. The van der Waals surface area contributed by atoms with E-state index in [0.717, 1.165) is 4.88 Å². The molecule has 1 N–H and O–H groups in total. The van der Waals surface area contributed by atoms with Crippen molar-refractivity contribution in [1.29, 1.82) is 0 Å². The number of carbonyl (C=O) groups is 2. The first-order valence-electron chi connectivity index (χ1n) is 8.02. The molecule has 2 heterocycles. The molecule has 3 aromatic rings. The van der Waals surface area contributed by atoms with Crippen LogP contribution in [0.1, 0.15) is 24.2 Å². The third-order valence-corrected chi connectivity index (χ3v) is 4.61. The molecule has 6 heteroatoms. The Hall–Kier alpha value is -2.73. The topological polar surface area (TPSA) is 68.3 Å². The third-order valence-electron chi connectivity index (χ3n) is 3.71. The van der Waals surface area contributed by atoms with Crippen molar-refractivity contribution >= 4 is 34.1 Å². The normalized spacial score (nSPS) is 11.9. The Balaban J connectivity index is 1.99. The van der Waals surface area contributed by atoms with Crippen molar-refractivity contribution in [3.63, 3.8) is 0 Å². The standard InChI is InChI=1S/C19H18N2O3S/c1-3-20-18(22)12(2)24-19(23)14-11-16(17-9-6-10-25-17)21-15-8-5-4-7-13(14)15/h4-12H,3H2,1-2H3,(H,20,22)/t12-/m0/s1. The van der Waals surface area contributed by atoms with Gasteiger partial charge in [0.15, 0.2) is 6.10 Å².